The summed E-state index contributed by atoms with van der Waals surface area (Å²) in [5.41, 5.74) is 0.683. The Morgan fingerprint density at radius 3 is 2.60 bits per heavy atom. The van der Waals surface area contributed by atoms with Crippen molar-refractivity contribution in [2.24, 2.45) is 0 Å². The molecule has 1 heterocycles. The van der Waals surface area contributed by atoms with E-state index in [0.717, 1.165) is 0 Å². The molecule has 0 aliphatic rings. The van der Waals surface area contributed by atoms with Gasteiger partial charge in [-0.1, -0.05) is 29.8 Å². The third-order valence-corrected chi connectivity index (χ3v) is 4.30. The molecule has 0 fully saturated rings. The minimum absolute atomic E-state index is 0.0634. The second-order valence-corrected chi connectivity index (χ2v) is 6.11. The average molecular weight is 311 g/mol. The molecule has 104 valence electrons. The first-order chi connectivity index (χ1) is 9.40. The van der Waals surface area contributed by atoms with Crippen molar-refractivity contribution in [2.75, 3.05) is 0 Å². The van der Waals surface area contributed by atoms with Crippen LogP contribution in [-0.2, 0) is 10.0 Å². The monoisotopic (exact) mass is 310 g/mol. The highest BCUT2D eigenvalue weighted by atomic mass is 35.5. The smallest absolute Gasteiger partial charge is 0.265 e. The molecule has 20 heavy (non-hydrogen) atoms. The molecule has 1 N–H and O–H groups in total. The number of amides is 1. The molecule has 1 aromatic heterocycles. The number of benzene rings is 1. The van der Waals surface area contributed by atoms with Gasteiger partial charge in [0.1, 0.15) is 5.15 Å². The number of nitrogens with zero attached hydrogens (tertiary/aromatic N) is 1. The van der Waals surface area contributed by atoms with E-state index in [1.807, 2.05) is 4.72 Å². The first-order valence-corrected chi connectivity index (χ1v) is 7.50. The van der Waals surface area contributed by atoms with E-state index < -0.39 is 15.9 Å². The zero-order valence-electron chi connectivity index (χ0n) is 10.5. The number of rotatable bonds is 3. The van der Waals surface area contributed by atoms with E-state index in [-0.39, 0.29) is 15.6 Å². The molecule has 0 aliphatic carbocycles. The number of halogens is 1. The number of pyridine rings is 1. The Morgan fingerprint density at radius 2 is 1.95 bits per heavy atom. The van der Waals surface area contributed by atoms with Crippen molar-refractivity contribution in [3.05, 3.63) is 58.9 Å². The summed E-state index contributed by atoms with van der Waals surface area (Å²) in [5, 5.41) is 0.117. The summed E-state index contributed by atoms with van der Waals surface area (Å²) in [6, 6.07) is 9.08. The number of aromatic nitrogens is 1. The summed E-state index contributed by atoms with van der Waals surface area (Å²) in [6.45, 7) is 1.66. The van der Waals surface area contributed by atoms with E-state index >= 15 is 0 Å². The molecular formula is C13H11ClN2O3S. The lowest BCUT2D eigenvalue weighted by molar-refractivity contribution is 0.0981. The number of carbonyl (C=O) groups excluding carboxylic acids is 1. The molecule has 0 spiro atoms. The Balaban J connectivity index is 2.30. The summed E-state index contributed by atoms with van der Waals surface area (Å²) in [5.74, 6) is -0.752. The van der Waals surface area contributed by atoms with E-state index in [0.29, 0.717) is 5.56 Å². The highest BCUT2D eigenvalue weighted by molar-refractivity contribution is 7.90. The molecule has 0 saturated carbocycles. The molecule has 0 unspecified atom stereocenters. The Bertz CT molecular complexity index is 760. The molecule has 5 nitrogen and oxygen atoms in total. The van der Waals surface area contributed by atoms with Gasteiger partial charge >= 0.3 is 0 Å². The third kappa shape index (κ3) is 3.15. The quantitative estimate of drug-likeness (QED) is 0.881. The molecule has 1 amide bonds. The molecule has 0 saturated heterocycles. The van der Waals surface area contributed by atoms with Crippen LogP contribution in [0.3, 0.4) is 0 Å². The molecule has 0 aliphatic heterocycles. The lowest BCUT2D eigenvalue weighted by Crippen LogP contribution is -2.31. The van der Waals surface area contributed by atoms with Crippen LogP contribution in [0, 0.1) is 6.92 Å². The van der Waals surface area contributed by atoms with Gasteiger partial charge in [-0.05, 0) is 30.7 Å². The van der Waals surface area contributed by atoms with E-state index in [1.165, 1.54) is 24.4 Å². The Morgan fingerprint density at radius 1 is 1.25 bits per heavy atom. The lowest BCUT2D eigenvalue weighted by Gasteiger charge is -2.09. The summed E-state index contributed by atoms with van der Waals surface area (Å²) in [7, 11) is -3.91. The van der Waals surface area contributed by atoms with Gasteiger partial charge < -0.3 is 0 Å². The maximum Gasteiger partial charge on any atom is 0.265 e. The van der Waals surface area contributed by atoms with Gasteiger partial charge in [0.25, 0.3) is 15.9 Å². The van der Waals surface area contributed by atoms with Gasteiger partial charge in [-0.15, -0.1) is 0 Å². The molecular weight excluding hydrogens is 300 g/mol. The van der Waals surface area contributed by atoms with Crippen LogP contribution in [0.25, 0.3) is 0 Å². The van der Waals surface area contributed by atoms with Crippen LogP contribution >= 0.6 is 11.6 Å². The maximum absolute atomic E-state index is 12.1. The van der Waals surface area contributed by atoms with Crippen LogP contribution in [0.2, 0.25) is 5.15 Å². The van der Waals surface area contributed by atoms with Crippen molar-refractivity contribution >= 4 is 27.5 Å². The summed E-state index contributed by atoms with van der Waals surface area (Å²) in [4.78, 5) is 15.7. The van der Waals surface area contributed by atoms with Crippen LogP contribution in [-0.4, -0.2) is 19.3 Å². The van der Waals surface area contributed by atoms with Gasteiger partial charge in [0, 0.05) is 11.8 Å². The number of sulfonamides is 1. The van der Waals surface area contributed by atoms with Crippen molar-refractivity contribution in [3.63, 3.8) is 0 Å². The average Bonchev–Trinajstić information content (AvgIpc) is 2.38. The largest absolute Gasteiger partial charge is 0.268 e. The second kappa shape index (κ2) is 5.60. The molecule has 2 aromatic rings. The van der Waals surface area contributed by atoms with Gasteiger partial charge in [-0.2, -0.15) is 0 Å². The third-order valence-electron chi connectivity index (χ3n) is 2.60. The van der Waals surface area contributed by atoms with E-state index in [9.17, 15) is 13.2 Å². The van der Waals surface area contributed by atoms with Gasteiger partial charge in [0.15, 0.2) is 0 Å². The summed E-state index contributed by atoms with van der Waals surface area (Å²) < 4.78 is 26.3. The summed E-state index contributed by atoms with van der Waals surface area (Å²) in [6.07, 6.45) is 1.33. The predicted molar refractivity (Wildman–Crippen MR) is 75.1 cm³/mol. The minimum Gasteiger partial charge on any atom is -0.268 e. The Kier molecular flexibility index (Phi) is 4.06. The van der Waals surface area contributed by atoms with Gasteiger partial charge in [-0.3, -0.25) is 4.79 Å². The molecule has 0 radical (unpaired) electrons. The normalized spacial score (nSPS) is 11.1. The fourth-order valence-corrected chi connectivity index (χ4v) is 3.03. The molecule has 0 bridgehead atoms. The van der Waals surface area contributed by atoms with Gasteiger partial charge in [0.2, 0.25) is 0 Å². The van der Waals surface area contributed by atoms with Crippen LogP contribution in [0.5, 0.6) is 0 Å². The van der Waals surface area contributed by atoms with Crippen molar-refractivity contribution in [2.45, 2.75) is 11.8 Å². The molecule has 0 atom stereocenters. The predicted octanol–water partition coefficient (Wildman–Crippen LogP) is 2.16. The Labute approximate surface area is 121 Å². The zero-order chi connectivity index (χ0) is 14.8. The van der Waals surface area contributed by atoms with Gasteiger partial charge in [-0.25, -0.2) is 18.1 Å². The molecule has 1 aromatic carbocycles. The highest BCUT2D eigenvalue weighted by Crippen LogP contribution is 2.15. The van der Waals surface area contributed by atoms with E-state index in [4.69, 9.17) is 11.6 Å². The highest BCUT2D eigenvalue weighted by Gasteiger charge is 2.20. The van der Waals surface area contributed by atoms with E-state index in [2.05, 4.69) is 4.98 Å². The van der Waals surface area contributed by atoms with Crippen molar-refractivity contribution in [1.82, 2.24) is 9.71 Å². The van der Waals surface area contributed by atoms with Crippen LogP contribution in [0.1, 0.15) is 15.9 Å². The Hall–Kier alpha value is -1.92. The number of hydrogen-bond donors (Lipinski definition) is 1. The topological polar surface area (TPSA) is 76.1 Å². The first kappa shape index (κ1) is 14.5. The number of hydrogen-bond acceptors (Lipinski definition) is 4. The fourth-order valence-electron chi connectivity index (χ4n) is 1.64. The minimum atomic E-state index is -3.91. The number of nitrogens with one attached hydrogen (secondary N) is 1. The maximum atomic E-state index is 12.1. The SMILES string of the molecule is Cc1ccccc1S(=O)(=O)NC(=O)c1ccnc(Cl)c1. The van der Waals surface area contributed by atoms with Crippen molar-refractivity contribution in [3.8, 4) is 0 Å². The second-order valence-electron chi connectivity index (χ2n) is 4.07. The zero-order valence-corrected chi connectivity index (χ0v) is 12.1. The summed E-state index contributed by atoms with van der Waals surface area (Å²) >= 11 is 5.66. The van der Waals surface area contributed by atoms with E-state index in [1.54, 1.807) is 25.1 Å². The molecule has 2 rings (SSSR count). The number of aryl methyl sites for hydroxylation is 1. The van der Waals surface area contributed by atoms with Crippen molar-refractivity contribution in [1.29, 1.82) is 0 Å². The fraction of sp³-hybridized carbons (Fsp3) is 0.0769. The molecule has 7 heteroatoms. The lowest BCUT2D eigenvalue weighted by atomic mass is 10.2. The van der Waals surface area contributed by atoms with Crippen molar-refractivity contribution < 1.29 is 13.2 Å². The van der Waals surface area contributed by atoms with Crippen LogP contribution < -0.4 is 4.72 Å². The van der Waals surface area contributed by atoms with Crippen LogP contribution in [0.15, 0.2) is 47.5 Å². The first-order valence-electron chi connectivity index (χ1n) is 5.64. The van der Waals surface area contributed by atoms with Crippen LogP contribution in [0.4, 0.5) is 0 Å². The number of carbonyl (C=O) groups is 1. The standard InChI is InChI=1S/C13H11ClN2O3S/c1-9-4-2-3-5-11(9)20(18,19)16-13(17)10-6-7-15-12(14)8-10/h2-8H,1H3,(H,16,17). The van der Waals surface area contributed by atoms with Gasteiger partial charge in [0.05, 0.1) is 4.90 Å².